The second-order valence-electron chi connectivity index (χ2n) is 7.27. The number of hydrogen-bond acceptors (Lipinski definition) is 5. The third kappa shape index (κ3) is 6.37. The fourth-order valence-corrected chi connectivity index (χ4v) is 3.39. The number of para-hydroxylation sites is 1. The molecule has 3 N–H and O–H groups in total. The van der Waals surface area contributed by atoms with E-state index in [-0.39, 0.29) is 24.5 Å². The minimum atomic E-state index is -0.348. The molecule has 1 fully saturated rings. The molecule has 0 spiro atoms. The fourth-order valence-electron chi connectivity index (χ4n) is 3.39. The second-order valence-corrected chi connectivity index (χ2v) is 7.27. The Morgan fingerprint density at radius 1 is 1.19 bits per heavy atom. The molecule has 0 bridgehead atoms. The summed E-state index contributed by atoms with van der Waals surface area (Å²) in [5.74, 6) is 2.91. The molecule has 1 aliphatic rings. The van der Waals surface area contributed by atoms with Gasteiger partial charge in [-0.1, -0.05) is 24.1 Å². The number of ether oxygens (including phenoxy) is 2. The molecule has 3 rings (SSSR count). The van der Waals surface area contributed by atoms with Gasteiger partial charge in [-0.05, 0) is 61.8 Å². The molecule has 1 aliphatic heterocycles. The van der Waals surface area contributed by atoms with Crippen LogP contribution in [0.15, 0.2) is 48.5 Å². The summed E-state index contributed by atoms with van der Waals surface area (Å²) in [7, 11) is 1.53. The van der Waals surface area contributed by atoms with Crippen LogP contribution in [-0.2, 0) is 4.79 Å². The SMILES string of the molecule is C#CCOc1ccc(C=CC(=O)Nc2ccccc2C(=O)NC2CCNCC2)cc1OC. The number of rotatable bonds is 8. The Kier molecular flexibility index (Phi) is 8.29. The van der Waals surface area contributed by atoms with Crippen molar-refractivity contribution in [1.29, 1.82) is 0 Å². The Morgan fingerprint density at radius 3 is 2.72 bits per heavy atom. The Labute approximate surface area is 188 Å². The molecule has 2 aromatic carbocycles. The van der Waals surface area contributed by atoms with E-state index in [1.807, 2.05) is 0 Å². The minimum Gasteiger partial charge on any atom is -0.493 e. The van der Waals surface area contributed by atoms with Gasteiger partial charge in [0, 0.05) is 12.1 Å². The molecule has 2 amide bonds. The minimum absolute atomic E-state index is 0.134. The summed E-state index contributed by atoms with van der Waals surface area (Å²) in [4.78, 5) is 25.2. The third-order valence-corrected chi connectivity index (χ3v) is 5.03. The van der Waals surface area contributed by atoms with Gasteiger partial charge in [0.25, 0.3) is 5.91 Å². The first-order valence-electron chi connectivity index (χ1n) is 10.4. The van der Waals surface area contributed by atoms with Crippen molar-refractivity contribution >= 4 is 23.6 Å². The first kappa shape index (κ1) is 22.9. The summed E-state index contributed by atoms with van der Waals surface area (Å²) in [5.41, 5.74) is 1.65. The number of amides is 2. The van der Waals surface area contributed by atoms with Gasteiger partial charge < -0.3 is 25.4 Å². The van der Waals surface area contributed by atoms with Crippen molar-refractivity contribution < 1.29 is 19.1 Å². The van der Waals surface area contributed by atoms with Crippen molar-refractivity contribution in [3.63, 3.8) is 0 Å². The zero-order valence-electron chi connectivity index (χ0n) is 18.0. The number of carbonyl (C=O) groups excluding carboxylic acids is 2. The number of nitrogens with one attached hydrogen (secondary N) is 3. The number of terminal acetylenes is 1. The van der Waals surface area contributed by atoms with E-state index in [2.05, 4.69) is 21.9 Å². The Balaban J connectivity index is 1.65. The molecule has 0 atom stereocenters. The first-order chi connectivity index (χ1) is 15.6. The summed E-state index contributed by atoms with van der Waals surface area (Å²) < 4.78 is 10.7. The molecule has 2 aromatic rings. The van der Waals surface area contributed by atoms with Gasteiger partial charge >= 0.3 is 0 Å². The topological polar surface area (TPSA) is 88.7 Å². The Hall–Kier alpha value is -3.76. The highest BCUT2D eigenvalue weighted by Gasteiger charge is 2.18. The molecule has 32 heavy (non-hydrogen) atoms. The van der Waals surface area contributed by atoms with Crippen molar-refractivity contribution in [3.05, 3.63) is 59.7 Å². The maximum Gasteiger partial charge on any atom is 0.253 e. The molecule has 1 saturated heterocycles. The lowest BCUT2D eigenvalue weighted by atomic mass is 10.1. The van der Waals surface area contributed by atoms with E-state index < -0.39 is 0 Å². The van der Waals surface area contributed by atoms with Crippen LogP contribution in [0.2, 0.25) is 0 Å². The predicted molar refractivity (Wildman–Crippen MR) is 125 cm³/mol. The maximum absolute atomic E-state index is 12.7. The largest absolute Gasteiger partial charge is 0.493 e. The number of benzene rings is 2. The van der Waals surface area contributed by atoms with Gasteiger partial charge in [-0.15, -0.1) is 6.42 Å². The number of piperidine rings is 1. The molecule has 0 aliphatic carbocycles. The highest BCUT2D eigenvalue weighted by atomic mass is 16.5. The Bertz CT molecular complexity index is 1020. The zero-order valence-corrected chi connectivity index (χ0v) is 18.0. The van der Waals surface area contributed by atoms with E-state index in [9.17, 15) is 9.59 Å². The highest BCUT2D eigenvalue weighted by molar-refractivity contribution is 6.07. The average Bonchev–Trinajstić information content (AvgIpc) is 2.82. The van der Waals surface area contributed by atoms with Crippen LogP contribution in [-0.4, -0.2) is 44.7 Å². The van der Waals surface area contributed by atoms with E-state index >= 15 is 0 Å². The van der Waals surface area contributed by atoms with E-state index in [4.69, 9.17) is 15.9 Å². The van der Waals surface area contributed by atoms with Gasteiger partial charge in [0.05, 0.1) is 18.4 Å². The smallest absolute Gasteiger partial charge is 0.253 e. The van der Waals surface area contributed by atoms with Crippen molar-refractivity contribution in [2.75, 3.05) is 32.1 Å². The number of methoxy groups -OCH3 is 1. The van der Waals surface area contributed by atoms with Crippen LogP contribution in [0.4, 0.5) is 5.69 Å². The van der Waals surface area contributed by atoms with E-state index in [1.54, 1.807) is 48.5 Å². The maximum atomic E-state index is 12.7. The summed E-state index contributed by atoms with van der Waals surface area (Å²) in [5, 5.41) is 9.12. The first-order valence-corrected chi connectivity index (χ1v) is 10.4. The third-order valence-electron chi connectivity index (χ3n) is 5.03. The summed E-state index contributed by atoms with van der Waals surface area (Å²) >= 11 is 0. The zero-order chi connectivity index (χ0) is 22.8. The molecule has 1 heterocycles. The lowest BCUT2D eigenvalue weighted by molar-refractivity contribution is -0.111. The molecule has 7 nitrogen and oxygen atoms in total. The second kappa shape index (κ2) is 11.6. The molecule has 7 heteroatoms. The van der Waals surface area contributed by atoms with Crippen LogP contribution in [0.5, 0.6) is 11.5 Å². The molecule has 0 unspecified atom stereocenters. The van der Waals surface area contributed by atoms with Crippen LogP contribution < -0.4 is 25.4 Å². The Morgan fingerprint density at radius 2 is 1.97 bits per heavy atom. The van der Waals surface area contributed by atoms with Gasteiger partial charge in [-0.3, -0.25) is 9.59 Å². The van der Waals surface area contributed by atoms with Crippen molar-refractivity contribution in [3.8, 4) is 23.8 Å². The van der Waals surface area contributed by atoms with Gasteiger partial charge in [-0.2, -0.15) is 0 Å². The van der Waals surface area contributed by atoms with Gasteiger partial charge in [-0.25, -0.2) is 0 Å². The quantitative estimate of drug-likeness (QED) is 0.440. The molecule has 0 aromatic heterocycles. The molecule has 0 saturated carbocycles. The standard InChI is InChI=1S/C25H27N3O4/c1-3-16-32-22-10-8-18(17-23(22)31-2)9-11-24(29)28-21-7-5-4-6-20(21)25(30)27-19-12-14-26-15-13-19/h1,4-11,17,19,26H,12-16H2,2H3,(H,27,30)(H,28,29). The molecular formula is C25H27N3O4. The molecule has 0 radical (unpaired) electrons. The van der Waals surface area contributed by atoms with Gasteiger partial charge in [0.1, 0.15) is 6.61 Å². The van der Waals surface area contributed by atoms with Crippen LogP contribution in [0.25, 0.3) is 6.08 Å². The number of anilines is 1. The lowest BCUT2D eigenvalue weighted by Crippen LogP contribution is -2.42. The number of hydrogen-bond donors (Lipinski definition) is 3. The van der Waals surface area contributed by atoms with Crippen LogP contribution in [0.3, 0.4) is 0 Å². The fraction of sp³-hybridized carbons (Fsp3) is 0.280. The summed E-state index contributed by atoms with van der Waals surface area (Å²) in [6, 6.07) is 12.4. The van der Waals surface area contributed by atoms with Crippen LogP contribution in [0.1, 0.15) is 28.8 Å². The van der Waals surface area contributed by atoms with E-state index in [0.29, 0.717) is 22.7 Å². The molecular weight excluding hydrogens is 406 g/mol. The van der Waals surface area contributed by atoms with Gasteiger partial charge in [0.15, 0.2) is 11.5 Å². The highest BCUT2D eigenvalue weighted by Crippen LogP contribution is 2.28. The van der Waals surface area contributed by atoms with Gasteiger partial charge in [0.2, 0.25) is 5.91 Å². The lowest BCUT2D eigenvalue weighted by Gasteiger charge is -2.24. The van der Waals surface area contributed by atoms with Crippen LogP contribution >= 0.6 is 0 Å². The summed E-state index contributed by atoms with van der Waals surface area (Å²) in [6.07, 6.45) is 10.0. The van der Waals surface area contributed by atoms with E-state index in [0.717, 1.165) is 31.5 Å². The van der Waals surface area contributed by atoms with Crippen molar-refractivity contribution in [2.24, 2.45) is 0 Å². The van der Waals surface area contributed by atoms with Crippen LogP contribution in [0, 0.1) is 12.3 Å². The summed E-state index contributed by atoms with van der Waals surface area (Å²) in [6.45, 7) is 1.91. The normalized spacial score (nSPS) is 13.9. The molecule has 166 valence electrons. The number of carbonyl (C=O) groups is 2. The van der Waals surface area contributed by atoms with Crippen molar-refractivity contribution in [2.45, 2.75) is 18.9 Å². The van der Waals surface area contributed by atoms with E-state index in [1.165, 1.54) is 13.2 Å². The predicted octanol–water partition coefficient (Wildman–Crippen LogP) is 2.84. The monoisotopic (exact) mass is 433 g/mol. The van der Waals surface area contributed by atoms with Crippen molar-refractivity contribution in [1.82, 2.24) is 10.6 Å². The average molecular weight is 434 g/mol.